The summed E-state index contributed by atoms with van der Waals surface area (Å²) < 4.78 is 5.54. The number of aliphatic hydroxyl groups excluding tert-OH is 1. The number of hydrogen-bond acceptors (Lipinski definition) is 2. The Bertz CT molecular complexity index is 388. The molecule has 1 atom stereocenters. The van der Waals surface area contributed by atoms with Gasteiger partial charge in [0.2, 0.25) is 0 Å². The molecule has 0 amide bonds. The molecular formula is C14H23ClNO2+. The molecule has 0 radical (unpaired) electrons. The molecule has 0 saturated heterocycles. The summed E-state index contributed by atoms with van der Waals surface area (Å²) in [5.74, 6) is 0.742. The lowest BCUT2D eigenvalue weighted by Gasteiger charge is -2.19. The second kappa shape index (κ2) is 6.41. The topological polar surface area (TPSA) is 46.1 Å². The standard InChI is InChI=1S/C14H22ClNO2/c1-10-7-12(5-6-13(10)15)18-9-11(17)8-16-14(2,3)4/h5-7,11,16-17H,8-9H2,1-4H3/p+1/t11-/m0/s1. The van der Waals surface area contributed by atoms with Gasteiger partial charge in [-0.3, -0.25) is 0 Å². The van der Waals surface area contributed by atoms with Gasteiger partial charge in [-0.25, -0.2) is 0 Å². The van der Waals surface area contributed by atoms with Crippen molar-refractivity contribution in [2.24, 2.45) is 0 Å². The first kappa shape index (κ1) is 15.3. The van der Waals surface area contributed by atoms with Gasteiger partial charge in [0.15, 0.2) is 0 Å². The van der Waals surface area contributed by atoms with E-state index < -0.39 is 6.10 Å². The van der Waals surface area contributed by atoms with Gasteiger partial charge < -0.3 is 15.2 Å². The fraction of sp³-hybridized carbons (Fsp3) is 0.571. The van der Waals surface area contributed by atoms with Crippen molar-refractivity contribution < 1.29 is 15.2 Å². The number of nitrogens with two attached hydrogens (primary N) is 1. The molecule has 0 heterocycles. The number of halogens is 1. The molecule has 0 aliphatic heterocycles. The average Bonchev–Trinajstić information content (AvgIpc) is 2.27. The predicted molar refractivity (Wildman–Crippen MR) is 74.2 cm³/mol. The molecule has 0 aliphatic rings. The summed E-state index contributed by atoms with van der Waals surface area (Å²) in [5.41, 5.74) is 1.10. The van der Waals surface area contributed by atoms with Crippen molar-refractivity contribution in [1.82, 2.24) is 0 Å². The minimum absolute atomic E-state index is 0.123. The lowest BCUT2D eigenvalue weighted by atomic mass is 10.1. The highest BCUT2D eigenvalue weighted by atomic mass is 35.5. The van der Waals surface area contributed by atoms with Crippen LogP contribution < -0.4 is 10.1 Å². The Morgan fingerprint density at radius 3 is 2.61 bits per heavy atom. The Balaban J connectivity index is 2.38. The van der Waals surface area contributed by atoms with Crippen molar-refractivity contribution in [3.05, 3.63) is 28.8 Å². The highest BCUT2D eigenvalue weighted by Gasteiger charge is 2.16. The molecule has 0 saturated carbocycles. The molecule has 18 heavy (non-hydrogen) atoms. The maximum Gasteiger partial charge on any atom is 0.137 e. The number of aliphatic hydroxyl groups is 1. The predicted octanol–water partition coefficient (Wildman–Crippen LogP) is 1.75. The van der Waals surface area contributed by atoms with Gasteiger partial charge in [0.05, 0.1) is 5.54 Å². The Morgan fingerprint density at radius 1 is 1.39 bits per heavy atom. The van der Waals surface area contributed by atoms with Crippen LogP contribution in [0.25, 0.3) is 0 Å². The highest BCUT2D eigenvalue weighted by molar-refractivity contribution is 6.31. The average molecular weight is 273 g/mol. The summed E-state index contributed by atoms with van der Waals surface area (Å²) in [6.45, 7) is 9.21. The highest BCUT2D eigenvalue weighted by Crippen LogP contribution is 2.20. The largest absolute Gasteiger partial charge is 0.491 e. The molecule has 0 aliphatic carbocycles. The van der Waals surface area contributed by atoms with Crippen LogP contribution in [0.5, 0.6) is 5.75 Å². The first-order valence-electron chi connectivity index (χ1n) is 6.19. The maximum absolute atomic E-state index is 9.82. The molecular weight excluding hydrogens is 250 g/mol. The molecule has 0 unspecified atom stereocenters. The van der Waals surface area contributed by atoms with Gasteiger partial charge in [0, 0.05) is 5.02 Å². The van der Waals surface area contributed by atoms with E-state index in [1.54, 1.807) is 6.07 Å². The molecule has 0 fully saturated rings. The van der Waals surface area contributed by atoms with Crippen molar-refractivity contribution in [2.75, 3.05) is 13.2 Å². The molecule has 0 aromatic heterocycles. The summed E-state index contributed by atoms with van der Waals surface area (Å²) in [6, 6.07) is 5.50. The first-order valence-corrected chi connectivity index (χ1v) is 6.57. The van der Waals surface area contributed by atoms with E-state index in [1.165, 1.54) is 0 Å². The van der Waals surface area contributed by atoms with Gasteiger partial charge in [-0.1, -0.05) is 11.6 Å². The van der Waals surface area contributed by atoms with Crippen molar-refractivity contribution in [1.29, 1.82) is 0 Å². The lowest BCUT2D eigenvalue weighted by Crippen LogP contribution is -2.96. The third-order valence-electron chi connectivity index (χ3n) is 2.57. The number of rotatable bonds is 5. The smallest absolute Gasteiger partial charge is 0.137 e. The summed E-state index contributed by atoms with van der Waals surface area (Å²) in [7, 11) is 0. The zero-order valence-electron chi connectivity index (χ0n) is 11.5. The monoisotopic (exact) mass is 272 g/mol. The lowest BCUT2D eigenvalue weighted by molar-refractivity contribution is -0.722. The van der Waals surface area contributed by atoms with E-state index in [-0.39, 0.29) is 5.54 Å². The first-order chi connectivity index (χ1) is 8.28. The number of aryl methyl sites for hydroxylation is 1. The van der Waals surface area contributed by atoms with Crippen LogP contribution >= 0.6 is 11.6 Å². The summed E-state index contributed by atoms with van der Waals surface area (Å²) in [5, 5.41) is 12.6. The van der Waals surface area contributed by atoms with Crippen LogP contribution in [0.3, 0.4) is 0 Å². The van der Waals surface area contributed by atoms with E-state index in [0.29, 0.717) is 13.2 Å². The quantitative estimate of drug-likeness (QED) is 0.858. The van der Waals surface area contributed by atoms with Crippen molar-refractivity contribution in [3.8, 4) is 5.75 Å². The van der Waals surface area contributed by atoms with Crippen LogP contribution in [0, 0.1) is 6.92 Å². The Labute approximate surface area is 114 Å². The zero-order valence-corrected chi connectivity index (χ0v) is 12.3. The van der Waals surface area contributed by atoms with E-state index >= 15 is 0 Å². The van der Waals surface area contributed by atoms with Crippen LogP contribution in [0.15, 0.2) is 18.2 Å². The Kier molecular flexibility index (Phi) is 5.45. The third-order valence-corrected chi connectivity index (χ3v) is 3.00. The number of ether oxygens (including phenoxy) is 1. The van der Waals surface area contributed by atoms with Gasteiger partial charge in [0.1, 0.15) is 25.0 Å². The minimum Gasteiger partial charge on any atom is -0.491 e. The van der Waals surface area contributed by atoms with Crippen molar-refractivity contribution in [3.63, 3.8) is 0 Å². The number of quaternary nitrogens is 1. The van der Waals surface area contributed by atoms with Crippen molar-refractivity contribution in [2.45, 2.75) is 39.3 Å². The van der Waals surface area contributed by atoms with E-state index in [2.05, 4.69) is 26.1 Å². The molecule has 1 aromatic carbocycles. The van der Waals surface area contributed by atoms with Gasteiger partial charge in [-0.2, -0.15) is 0 Å². The van der Waals surface area contributed by atoms with Crippen LogP contribution in [-0.2, 0) is 0 Å². The van der Waals surface area contributed by atoms with Crippen molar-refractivity contribution >= 4 is 11.6 Å². The van der Waals surface area contributed by atoms with E-state index in [1.807, 2.05) is 19.1 Å². The third kappa shape index (κ3) is 5.71. The summed E-state index contributed by atoms with van der Waals surface area (Å²) in [6.07, 6.45) is -0.472. The number of benzene rings is 1. The Morgan fingerprint density at radius 2 is 2.06 bits per heavy atom. The molecule has 0 spiro atoms. The summed E-state index contributed by atoms with van der Waals surface area (Å²) in [4.78, 5) is 0. The minimum atomic E-state index is -0.472. The molecule has 3 N–H and O–H groups in total. The van der Waals surface area contributed by atoms with E-state index in [0.717, 1.165) is 16.3 Å². The fourth-order valence-electron chi connectivity index (χ4n) is 1.46. The van der Waals surface area contributed by atoms with Crippen LogP contribution in [0.4, 0.5) is 0 Å². The van der Waals surface area contributed by atoms with Gasteiger partial charge in [0.25, 0.3) is 0 Å². The van der Waals surface area contributed by atoms with Gasteiger partial charge in [-0.05, 0) is 51.5 Å². The molecule has 0 bridgehead atoms. The van der Waals surface area contributed by atoms with Gasteiger partial charge in [-0.15, -0.1) is 0 Å². The molecule has 3 nitrogen and oxygen atoms in total. The Hall–Kier alpha value is -0.770. The summed E-state index contributed by atoms with van der Waals surface area (Å²) >= 11 is 5.93. The van der Waals surface area contributed by atoms with Crippen LogP contribution in [0.1, 0.15) is 26.3 Å². The second-order valence-electron chi connectivity index (χ2n) is 5.68. The second-order valence-corrected chi connectivity index (χ2v) is 6.09. The maximum atomic E-state index is 9.82. The van der Waals surface area contributed by atoms with Gasteiger partial charge >= 0.3 is 0 Å². The molecule has 1 aromatic rings. The van der Waals surface area contributed by atoms with E-state index in [9.17, 15) is 5.11 Å². The normalized spacial score (nSPS) is 13.4. The van der Waals surface area contributed by atoms with Crippen LogP contribution in [0.2, 0.25) is 5.02 Å². The number of hydrogen-bond donors (Lipinski definition) is 2. The zero-order chi connectivity index (χ0) is 13.8. The molecule has 1 rings (SSSR count). The SMILES string of the molecule is Cc1cc(OC[C@@H](O)C[NH2+]C(C)(C)C)ccc1Cl. The van der Waals surface area contributed by atoms with Crippen LogP contribution in [-0.4, -0.2) is 29.9 Å². The molecule has 4 heteroatoms. The fourth-order valence-corrected chi connectivity index (χ4v) is 1.57. The molecule has 102 valence electrons. The van der Waals surface area contributed by atoms with E-state index in [4.69, 9.17) is 16.3 Å².